The maximum Gasteiger partial charge on any atom is 0.243 e. The van der Waals surface area contributed by atoms with Crippen LogP contribution in [0.1, 0.15) is 31.2 Å². The summed E-state index contributed by atoms with van der Waals surface area (Å²) < 4.78 is 44.2. The summed E-state index contributed by atoms with van der Waals surface area (Å²) in [6.45, 7) is 2.08. The van der Waals surface area contributed by atoms with Crippen molar-refractivity contribution in [1.29, 1.82) is 0 Å². The van der Waals surface area contributed by atoms with E-state index in [0.717, 1.165) is 24.2 Å². The number of carbonyl (C=O) groups excluding carboxylic acids is 1. The summed E-state index contributed by atoms with van der Waals surface area (Å²) in [5.41, 5.74) is 1.07. The van der Waals surface area contributed by atoms with E-state index in [2.05, 4.69) is 0 Å². The molecule has 3 aliphatic rings. The molecule has 2 aromatic rings. The predicted molar refractivity (Wildman–Crippen MR) is 125 cm³/mol. The number of sulfonamides is 1. The molecule has 1 aliphatic carbocycles. The molecule has 2 heterocycles. The molecule has 2 aromatic carbocycles. The lowest BCUT2D eigenvalue weighted by Crippen LogP contribution is -2.44. The van der Waals surface area contributed by atoms with Crippen LogP contribution in [0.5, 0.6) is 17.2 Å². The SMILES string of the molecule is COc1ccc(CN(C(=O)C2CCN(S(=O)(=O)c3ccc4c(c3)OCCO4)CC2)C2CC2)cc1. The normalized spacial score (nSPS) is 19.0. The molecule has 1 saturated carbocycles. The Morgan fingerprint density at radius 1 is 1.00 bits per heavy atom. The van der Waals surface area contributed by atoms with Crippen LogP contribution < -0.4 is 14.2 Å². The summed E-state index contributed by atoms with van der Waals surface area (Å²) in [7, 11) is -2.03. The molecule has 2 fully saturated rings. The average Bonchev–Trinajstić information content (AvgIpc) is 3.72. The minimum Gasteiger partial charge on any atom is -0.497 e. The second kappa shape index (κ2) is 9.46. The number of benzene rings is 2. The fraction of sp³-hybridized carbons (Fsp3) is 0.480. The molecule has 0 aromatic heterocycles. The van der Waals surface area contributed by atoms with Gasteiger partial charge in [-0.3, -0.25) is 4.79 Å². The van der Waals surface area contributed by atoms with Gasteiger partial charge in [0, 0.05) is 37.7 Å². The van der Waals surface area contributed by atoms with Crippen LogP contribution in [0.15, 0.2) is 47.4 Å². The van der Waals surface area contributed by atoms with E-state index >= 15 is 0 Å². The number of fused-ring (bicyclic) bond motifs is 1. The zero-order chi connectivity index (χ0) is 23.7. The van der Waals surface area contributed by atoms with Gasteiger partial charge in [0.1, 0.15) is 19.0 Å². The van der Waals surface area contributed by atoms with Gasteiger partial charge in [0.05, 0.1) is 12.0 Å². The molecule has 182 valence electrons. The van der Waals surface area contributed by atoms with E-state index in [9.17, 15) is 13.2 Å². The lowest BCUT2D eigenvalue weighted by Gasteiger charge is -2.34. The Balaban J connectivity index is 1.23. The van der Waals surface area contributed by atoms with Gasteiger partial charge >= 0.3 is 0 Å². The van der Waals surface area contributed by atoms with Crippen LogP contribution in [-0.4, -0.2) is 63.0 Å². The van der Waals surface area contributed by atoms with Crippen LogP contribution in [0.3, 0.4) is 0 Å². The molecule has 0 spiro atoms. The lowest BCUT2D eigenvalue weighted by molar-refractivity contribution is -0.138. The molecule has 0 unspecified atom stereocenters. The van der Waals surface area contributed by atoms with Gasteiger partial charge < -0.3 is 19.1 Å². The van der Waals surface area contributed by atoms with Crippen LogP contribution in [0.25, 0.3) is 0 Å². The highest BCUT2D eigenvalue weighted by atomic mass is 32.2. The highest BCUT2D eigenvalue weighted by molar-refractivity contribution is 7.89. The van der Waals surface area contributed by atoms with Crippen molar-refractivity contribution in [3.63, 3.8) is 0 Å². The molecule has 8 nitrogen and oxygen atoms in total. The first-order chi connectivity index (χ1) is 16.5. The van der Waals surface area contributed by atoms with Crippen molar-refractivity contribution in [1.82, 2.24) is 9.21 Å². The number of nitrogens with zero attached hydrogens (tertiary/aromatic N) is 2. The molecule has 34 heavy (non-hydrogen) atoms. The van der Waals surface area contributed by atoms with E-state index in [-0.39, 0.29) is 22.8 Å². The Morgan fingerprint density at radius 3 is 2.32 bits per heavy atom. The van der Waals surface area contributed by atoms with Crippen molar-refractivity contribution < 1.29 is 27.4 Å². The Hall–Kier alpha value is -2.78. The number of hydrogen-bond donors (Lipinski definition) is 0. The highest BCUT2D eigenvalue weighted by Gasteiger charge is 2.39. The monoisotopic (exact) mass is 486 g/mol. The molecule has 0 atom stereocenters. The Morgan fingerprint density at radius 2 is 1.68 bits per heavy atom. The van der Waals surface area contributed by atoms with Crippen LogP contribution in [0.4, 0.5) is 0 Å². The zero-order valence-corrected chi connectivity index (χ0v) is 20.1. The summed E-state index contributed by atoms with van der Waals surface area (Å²) in [5.74, 6) is 1.78. The molecule has 5 rings (SSSR count). The number of piperidine rings is 1. The van der Waals surface area contributed by atoms with Crippen molar-refractivity contribution in [3.8, 4) is 17.2 Å². The van der Waals surface area contributed by atoms with E-state index in [0.29, 0.717) is 57.2 Å². The van der Waals surface area contributed by atoms with Crippen LogP contribution in [-0.2, 0) is 21.4 Å². The number of carbonyl (C=O) groups is 1. The molecule has 0 bridgehead atoms. The third kappa shape index (κ3) is 4.72. The largest absolute Gasteiger partial charge is 0.497 e. The van der Waals surface area contributed by atoms with Crippen molar-refractivity contribution in [3.05, 3.63) is 48.0 Å². The first-order valence-electron chi connectivity index (χ1n) is 11.8. The molecule has 1 amide bonds. The van der Waals surface area contributed by atoms with Crippen molar-refractivity contribution in [2.24, 2.45) is 5.92 Å². The number of ether oxygens (including phenoxy) is 3. The maximum absolute atomic E-state index is 13.4. The van der Waals surface area contributed by atoms with Gasteiger partial charge in [0.2, 0.25) is 15.9 Å². The second-order valence-corrected chi connectivity index (χ2v) is 11.0. The van der Waals surface area contributed by atoms with Crippen molar-refractivity contribution >= 4 is 15.9 Å². The van der Waals surface area contributed by atoms with Crippen LogP contribution >= 0.6 is 0 Å². The summed E-state index contributed by atoms with van der Waals surface area (Å²) in [6, 6.07) is 12.8. The van der Waals surface area contributed by atoms with Crippen LogP contribution in [0, 0.1) is 5.92 Å². The number of methoxy groups -OCH3 is 1. The van der Waals surface area contributed by atoms with E-state index in [4.69, 9.17) is 14.2 Å². The number of amides is 1. The molecule has 2 aliphatic heterocycles. The number of rotatable bonds is 7. The summed E-state index contributed by atoms with van der Waals surface area (Å²) in [5, 5.41) is 0. The molecular weight excluding hydrogens is 456 g/mol. The Labute approximate surface area is 200 Å². The summed E-state index contributed by atoms with van der Waals surface area (Å²) in [4.78, 5) is 15.6. The van der Waals surface area contributed by atoms with Crippen molar-refractivity contribution in [2.45, 2.75) is 43.2 Å². The fourth-order valence-corrected chi connectivity index (χ4v) is 6.10. The van der Waals surface area contributed by atoms with Crippen LogP contribution in [0.2, 0.25) is 0 Å². The average molecular weight is 487 g/mol. The number of hydrogen-bond acceptors (Lipinski definition) is 6. The quantitative estimate of drug-likeness (QED) is 0.598. The topological polar surface area (TPSA) is 85.4 Å². The Kier molecular flexibility index (Phi) is 6.40. The van der Waals surface area contributed by atoms with E-state index in [1.54, 1.807) is 19.2 Å². The standard InChI is InChI=1S/C25H30N2O6S/c1-31-21-6-2-18(3-7-21)17-27(20-4-5-20)25(28)19-10-12-26(13-11-19)34(29,30)22-8-9-23-24(16-22)33-15-14-32-23/h2-3,6-9,16,19-20H,4-5,10-15,17H2,1H3. The molecule has 0 radical (unpaired) electrons. The van der Waals surface area contributed by atoms with Gasteiger partial charge in [-0.25, -0.2) is 8.42 Å². The van der Waals surface area contributed by atoms with Gasteiger partial charge in [0.25, 0.3) is 0 Å². The fourth-order valence-electron chi connectivity index (χ4n) is 4.61. The van der Waals surface area contributed by atoms with E-state index in [1.807, 2.05) is 29.2 Å². The Bertz CT molecular complexity index is 1140. The van der Waals surface area contributed by atoms with Gasteiger partial charge in [-0.15, -0.1) is 0 Å². The van der Waals surface area contributed by atoms with Gasteiger partial charge in [-0.1, -0.05) is 12.1 Å². The van der Waals surface area contributed by atoms with E-state index < -0.39 is 10.0 Å². The zero-order valence-electron chi connectivity index (χ0n) is 19.3. The lowest BCUT2D eigenvalue weighted by atomic mass is 9.96. The van der Waals surface area contributed by atoms with Gasteiger partial charge in [-0.2, -0.15) is 4.31 Å². The predicted octanol–water partition coefficient (Wildman–Crippen LogP) is 3.06. The minimum absolute atomic E-state index is 0.134. The van der Waals surface area contributed by atoms with Gasteiger partial charge in [-0.05, 0) is 55.5 Å². The van der Waals surface area contributed by atoms with Gasteiger partial charge in [0.15, 0.2) is 11.5 Å². The third-order valence-corrected chi connectivity index (χ3v) is 8.63. The minimum atomic E-state index is -3.66. The third-order valence-electron chi connectivity index (χ3n) is 6.74. The maximum atomic E-state index is 13.4. The van der Waals surface area contributed by atoms with Crippen molar-refractivity contribution in [2.75, 3.05) is 33.4 Å². The first-order valence-corrected chi connectivity index (χ1v) is 13.2. The summed E-state index contributed by atoms with van der Waals surface area (Å²) >= 11 is 0. The first kappa shape index (κ1) is 23.0. The summed E-state index contributed by atoms with van der Waals surface area (Å²) in [6.07, 6.45) is 3.10. The molecule has 0 N–H and O–H groups in total. The smallest absolute Gasteiger partial charge is 0.243 e. The molecular formula is C25H30N2O6S. The molecule has 9 heteroatoms. The second-order valence-electron chi connectivity index (χ2n) is 9.03. The highest BCUT2D eigenvalue weighted by Crippen LogP contribution is 2.35. The molecule has 1 saturated heterocycles. The van der Waals surface area contributed by atoms with E-state index in [1.165, 1.54) is 10.4 Å².